The maximum Gasteiger partial charge on any atom is 0.239 e. The van der Waals surface area contributed by atoms with Crippen molar-refractivity contribution in [2.45, 2.75) is 31.7 Å². The van der Waals surface area contributed by atoms with E-state index in [1.165, 1.54) is 0 Å². The number of nitrogens with one attached hydrogen (secondary N) is 1. The van der Waals surface area contributed by atoms with Gasteiger partial charge in [0.15, 0.2) is 0 Å². The van der Waals surface area contributed by atoms with Gasteiger partial charge in [-0.25, -0.2) is 0 Å². The number of aromatic nitrogens is 1. The highest BCUT2D eigenvalue weighted by molar-refractivity contribution is 5.86. The van der Waals surface area contributed by atoms with E-state index in [2.05, 4.69) is 4.98 Å². The molecule has 1 aliphatic heterocycles. The topological polar surface area (TPSA) is 105 Å². The van der Waals surface area contributed by atoms with E-state index in [1.807, 2.05) is 35.4 Å². The Morgan fingerprint density at radius 3 is 2.60 bits per heavy atom. The molecule has 0 unspecified atom stereocenters. The van der Waals surface area contributed by atoms with E-state index in [1.54, 1.807) is 0 Å². The second kappa shape index (κ2) is 8.36. The quantitative estimate of drug-likeness (QED) is 0.749. The number of carbonyl (C=O) groups excluding carboxylic acids is 2. The van der Waals surface area contributed by atoms with E-state index in [9.17, 15) is 9.59 Å². The number of para-hydroxylation sites is 1. The van der Waals surface area contributed by atoms with Gasteiger partial charge in [-0.15, -0.1) is 12.4 Å². The summed E-state index contributed by atoms with van der Waals surface area (Å²) >= 11 is 0. The minimum Gasteiger partial charge on any atom is -0.370 e. The number of fused-ring (bicyclic) bond motifs is 1. The molecule has 0 bridgehead atoms. The van der Waals surface area contributed by atoms with Crippen molar-refractivity contribution in [1.29, 1.82) is 0 Å². The Morgan fingerprint density at radius 1 is 1.24 bits per heavy atom. The molecule has 2 aromatic rings. The summed E-state index contributed by atoms with van der Waals surface area (Å²) < 4.78 is 0. The molecule has 136 valence electrons. The van der Waals surface area contributed by atoms with Gasteiger partial charge in [0.25, 0.3) is 0 Å². The molecule has 2 heterocycles. The Labute approximate surface area is 153 Å². The normalized spacial score (nSPS) is 16.4. The van der Waals surface area contributed by atoms with Crippen molar-refractivity contribution < 1.29 is 9.59 Å². The third-order valence-corrected chi connectivity index (χ3v) is 4.85. The lowest BCUT2D eigenvalue weighted by Crippen LogP contribution is -2.48. The van der Waals surface area contributed by atoms with Crippen LogP contribution in [0.4, 0.5) is 0 Å². The number of rotatable bonds is 5. The molecule has 0 aliphatic carbocycles. The van der Waals surface area contributed by atoms with Crippen LogP contribution in [0.2, 0.25) is 0 Å². The molecule has 0 radical (unpaired) electrons. The number of primary amides is 1. The van der Waals surface area contributed by atoms with Gasteiger partial charge in [0, 0.05) is 36.6 Å². The predicted octanol–water partition coefficient (Wildman–Crippen LogP) is 1.57. The standard InChI is InChI=1S/C18H24N4O2.ClH/c19-15(10-13-11-21-16-4-2-1-3-14(13)16)18(24)22-7-5-12(6-8-22)9-17(20)23;/h1-4,11-12,15,21H,5-10,19H2,(H2,20,23);1H/t15-;/m0./s1. The number of benzene rings is 1. The Morgan fingerprint density at radius 2 is 1.92 bits per heavy atom. The minimum absolute atomic E-state index is 0. The molecular weight excluding hydrogens is 340 g/mol. The second-order valence-electron chi connectivity index (χ2n) is 6.61. The summed E-state index contributed by atoms with van der Waals surface area (Å²) in [5.74, 6) is 0.00464. The molecule has 2 amide bonds. The molecule has 1 aromatic carbocycles. The van der Waals surface area contributed by atoms with Crippen molar-refractivity contribution in [2.24, 2.45) is 17.4 Å². The summed E-state index contributed by atoms with van der Waals surface area (Å²) in [6.45, 7) is 1.30. The third kappa shape index (κ3) is 4.52. The summed E-state index contributed by atoms with van der Waals surface area (Å²) in [5.41, 5.74) is 13.5. The number of hydrogen-bond donors (Lipinski definition) is 3. The second-order valence-corrected chi connectivity index (χ2v) is 6.61. The summed E-state index contributed by atoms with van der Waals surface area (Å²) in [7, 11) is 0. The number of hydrogen-bond acceptors (Lipinski definition) is 3. The number of nitrogens with zero attached hydrogens (tertiary/aromatic N) is 1. The van der Waals surface area contributed by atoms with Crippen molar-refractivity contribution in [1.82, 2.24) is 9.88 Å². The first-order valence-corrected chi connectivity index (χ1v) is 8.42. The van der Waals surface area contributed by atoms with Crippen LogP contribution in [0.25, 0.3) is 10.9 Å². The molecule has 7 heteroatoms. The van der Waals surface area contributed by atoms with Gasteiger partial charge in [-0.1, -0.05) is 18.2 Å². The van der Waals surface area contributed by atoms with Crippen LogP contribution >= 0.6 is 12.4 Å². The average molecular weight is 365 g/mol. The van der Waals surface area contributed by atoms with E-state index in [0.717, 1.165) is 29.3 Å². The van der Waals surface area contributed by atoms with Crippen LogP contribution in [-0.2, 0) is 16.0 Å². The summed E-state index contributed by atoms with van der Waals surface area (Å²) in [5, 5.41) is 1.11. The van der Waals surface area contributed by atoms with Crippen molar-refractivity contribution in [2.75, 3.05) is 13.1 Å². The maximum absolute atomic E-state index is 12.6. The average Bonchev–Trinajstić information content (AvgIpc) is 2.97. The number of H-pyrrole nitrogens is 1. The molecule has 25 heavy (non-hydrogen) atoms. The number of likely N-dealkylation sites (tertiary alicyclic amines) is 1. The fourth-order valence-corrected chi connectivity index (χ4v) is 3.50. The Kier molecular flexibility index (Phi) is 6.45. The van der Waals surface area contributed by atoms with Gasteiger partial charge in [-0.2, -0.15) is 0 Å². The fraction of sp³-hybridized carbons (Fsp3) is 0.444. The number of halogens is 1. The lowest BCUT2D eigenvalue weighted by molar-refractivity contribution is -0.134. The van der Waals surface area contributed by atoms with Gasteiger partial charge in [-0.3, -0.25) is 9.59 Å². The molecule has 6 nitrogen and oxygen atoms in total. The zero-order chi connectivity index (χ0) is 17.1. The first kappa shape index (κ1) is 19.3. The summed E-state index contributed by atoms with van der Waals surface area (Å²) in [6.07, 6.45) is 4.48. The van der Waals surface area contributed by atoms with E-state index >= 15 is 0 Å². The van der Waals surface area contributed by atoms with Crippen LogP contribution in [0.1, 0.15) is 24.8 Å². The Bertz CT molecular complexity index is 738. The smallest absolute Gasteiger partial charge is 0.239 e. The van der Waals surface area contributed by atoms with Crippen molar-refractivity contribution in [3.8, 4) is 0 Å². The monoisotopic (exact) mass is 364 g/mol. The largest absolute Gasteiger partial charge is 0.370 e. The molecule has 1 saturated heterocycles. The van der Waals surface area contributed by atoms with Gasteiger partial charge < -0.3 is 21.4 Å². The van der Waals surface area contributed by atoms with E-state index in [4.69, 9.17) is 11.5 Å². The Hall–Kier alpha value is -2.05. The highest BCUT2D eigenvalue weighted by Crippen LogP contribution is 2.22. The molecule has 0 saturated carbocycles. The molecule has 1 aliphatic rings. The maximum atomic E-state index is 12.6. The first-order valence-electron chi connectivity index (χ1n) is 8.42. The molecular formula is C18H25ClN4O2. The van der Waals surface area contributed by atoms with Gasteiger partial charge >= 0.3 is 0 Å². The zero-order valence-electron chi connectivity index (χ0n) is 14.1. The predicted molar refractivity (Wildman–Crippen MR) is 100 cm³/mol. The lowest BCUT2D eigenvalue weighted by Gasteiger charge is -2.33. The van der Waals surface area contributed by atoms with Crippen molar-refractivity contribution >= 4 is 35.1 Å². The van der Waals surface area contributed by atoms with E-state index in [-0.39, 0.29) is 30.1 Å². The van der Waals surface area contributed by atoms with Gasteiger partial charge in [0.05, 0.1) is 6.04 Å². The number of amides is 2. The minimum atomic E-state index is -0.545. The van der Waals surface area contributed by atoms with Gasteiger partial charge in [0.2, 0.25) is 11.8 Å². The van der Waals surface area contributed by atoms with Crippen LogP contribution in [0.5, 0.6) is 0 Å². The molecule has 0 spiro atoms. The summed E-state index contributed by atoms with van der Waals surface area (Å²) in [4.78, 5) is 28.6. The van der Waals surface area contributed by atoms with Crippen LogP contribution in [0.15, 0.2) is 30.5 Å². The fourth-order valence-electron chi connectivity index (χ4n) is 3.50. The summed E-state index contributed by atoms with van der Waals surface area (Å²) in [6, 6.07) is 7.46. The molecule has 5 N–H and O–H groups in total. The van der Waals surface area contributed by atoms with E-state index in [0.29, 0.717) is 25.9 Å². The number of aromatic amines is 1. The number of carbonyl (C=O) groups is 2. The van der Waals surface area contributed by atoms with Gasteiger partial charge in [0.1, 0.15) is 0 Å². The first-order chi connectivity index (χ1) is 11.5. The SMILES string of the molecule is Cl.NC(=O)CC1CCN(C(=O)[C@@H](N)Cc2c[nH]c3ccccc23)CC1. The highest BCUT2D eigenvalue weighted by Gasteiger charge is 2.27. The number of nitrogens with two attached hydrogens (primary N) is 2. The van der Waals surface area contributed by atoms with Crippen LogP contribution < -0.4 is 11.5 Å². The molecule has 1 aromatic heterocycles. The van der Waals surface area contributed by atoms with Crippen LogP contribution in [0.3, 0.4) is 0 Å². The third-order valence-electron chi connectivity index (χ3n) is 4.85. The number of piperidine rings is 1. The van der Waals surface area contributed by atoms with Gasteiger partial charge in [-0.05, 0) is 36.8 Å². The van der Waals surface area contributed by atoms with Crippen molar-refractivity contribution in [3.63, 3.8) is 0 Å². The molecule has 1 atom stereocenters. The van der Waals surface area contributed by atoms with E-state index < -0.39 is 6.04 Å². The highest BCUT2D eigenvalue weighted by atomic mass is 35.5. The molecule has 3 rings (SSSR count). The van der Waals surface area contributed by atoms with Crippen molar-refractivity contribution in [3.05, 3.63) is 36.0 Å². The zero-order valence-corrected chi connectivity index (χ0v) is 14.9. The Balaban J connectivity index is 0.00000225. The van der Waals surface area contributed by atoms with Crippen LogP contribution in [-0.4, -0.2) is 40.8 Å². The lowest BCUT2D eigenvalue weighted by atomic mass is 9.92. The van der Waals surface area contributed by atoms with Crippen LogP contribution in [0, 0.1) is 5.92 Å². The molecule has 1 fully saturated rings.